The molecule has 1 aliphatic heterocycles. The highest BCUT2D eigenvalue weighted by atomic mass is 28.4. The number of benzene rings is 3. The molecule has 0 bridgehead atoms. The zero-order valence-electron chi connectivity index (χ0n) is 27.6. The number of aliphatic hydroxyl groups excluding tert-OH is 2. The van der Waals surface area contributed by atoms with Crippen molar-refractivity contribution in [3.63, 3.8) is 0 Å². The Balaban J connectivity index is 1.45. The lowest BCUT2D eigenvalue weighted by Crippen LogP contribution is -2.67. The first-order valence-electron chi connectivity index (χ1n) is 16.2. The van der Waals surface area contributed by atoms with Gasteiger partial charge in [-0.25, -0.2) is 9.36 Å². The first-order valence-corrected chi connectivity index (χ1v) is 18.1. The zero-order chi connectivity index (χ0) is 33.6. The Morgan fingerprint density at radius 2 is 1.51 bits per heavy atom. The molecule has 47 heavy (non-hydrogen) atoms. The lowest BCUT2D eigenvalue weighted by atomic mass is 9.94. The Morgan fingerprint density at radius 3 is 2.06 bits per heavy atom. The monoisotopic (exact) mass is 658 g/mol. The van der Waals surface area contributed by atoms with Crippen LogP contribution in [0.2, 0.25) is 5.04 Å². The number of aromatic nitrogens is 2. The zero-order valence-corrected chi connectivity index (χ0v) is 28.6. The molecule has 9 nitrogen and oxygen atoms in total. The molecule has 1 unspecified atom stereocenters. The van der Waals surface area contributed by atoms with Crippen LogP contribution < -0.4 is 21.6 Å². The fourth-order valence-corrected chi connectivity index (χ4v) is 11.3. The maximum Gasteiger partial charge on any atom is 0.335 e. The van der Waals surface area contributed by atoms with Crippen LogP contribution in [0, 0.1) is 12.8 Å². The molecule has 4 atom stereocenters. The second-order valence-electron chi connectivity index (χ2n) is 13.4. The predicted octanol–water partition coefficient (Wildman–Crippen LogP) is 3.72. The van der Waals surface area contributed by atoms with Crippen molar-refractivity contribution >= 4 is 18.7 Å². The van der Waals surface area contributed by atoms with Gasteiger partial charge in [0.05, 0.1) is 32.0 Å². The van der Waals surface area contributed by atoms with E-state index in [2.05, 4.69) is 45.0 Å². The summed E-state index contributed by atoms with van der Waals surface area (Å²) in [6.45, 7) is 8.17. The minimum absolute atomic E-state index is 0.200. The van der Waals surface area contributed by atoms with Crippen LogP contribution in [0.15, 0.2) is 107 Å². The lowest BCUT2D eigenvalue weighted by Gasteiger charge is -2.43. The van der Waals surface area contributed by atoms with Crippen molar-refractivity contribution in [2.24, 2.45) is 5.92 Å². The van der Waals surface area contributed by atoms with Crippen LogP contribution in [-0.2, 0) is 27.2 Å². The number of nitrogens with zero attached hydrogens (tertiary/aromatic N) is 2. The Kier molecular flexibility index (Phi) is 11.1. The quantitative estimate of drug-likeness (QED) is 0.211. The molecule has 0 saturated carbocycles. The van der Waals surface area contributed by atoms with Crippen LogP contribution in [0.4, 0.5) is 0 Å². The summed E-state index contributed by atoms with van der Waals surface area (Å²) in [7, 11) is -2.90. The third kappa shape index (κ3) is 7.59. The molecule has 4 aromatic rings. The van der Waals surface area contributed by atoms with Crippen LogP contribution in [0.1, 0.15) is 51.0 Å². The van der Waals surface area contributed by atoms with Crippen molar-refractivity contribution in [3.8, 4) is 0 Å². The molecule has 2 heterocycles. The third-order valence-electron chi connectivity index (χ3n) is 9.04. The molecular weight excluding hydrogens is 613 g/mol. The van der Waals surface area contributed by atoms with Crippen molar-refractivity contribution in [1.82, 2.24) is 9.13 Å². The van der Waals surface area contributed by atoms with Gasteiger partial charge in [-0.3, -0.25) is 9.36 Å². The third-order valence-corrected chi connectivity index (χ3v) is 14.0. The van der Waals surface area contributed by atoms with Crippen LogP contribution in [0.3, 0.4) is 0 Å². The van der Waals surface area contributed by atoms with E-state index in [0.717, 1.165) is 20.5 Å². The number of aryl methyl sites for hydroxylation is 1. The van der Waals surface area contributed by atoms with Crippen LogP contribution in [-0.4, -0.2) is 53.1 Å². The first kappa shape index (κ1) is 34.7. The summed E-state index contributed by atoms with van der Waals surface area (Å²) in [6, 6.07) is 30.2. The summed E-state index contributed by atoms with van der Waals surface area (Å²) >= 11 is 0. The van der Waals surface area contributed by atoms with E-state index in [1.165, 1.54) is 10.8 Å². The van der Waals surface area contributed by atoms with Gasteiger partial charge in [0.1, 0.15) is 13.0 Å². The summed E-state index contributed by atoms with van der Waals surface area (Å²) < 4.78 is 22.1. The van der Waals surface area contributed by atoms with Crippen molar-refractivity contribution in [1.29, 1.82) is 0 Å². The predicted molar refractivity (Wildman–Crippen MR) is 184 cm³/mol. The van der Waals surface area contributed by atoms with E-state index < -0.39 is 38.0 Å². The minimum Gasteiger partial charge on any atom is -0.405 e. The van der Waals surface area contributed by atoms with Crippen molar-refractivity contribution in [2.45, 2.75) is 77.3 Å². The number of rotatable bonds is 13. The van der Waals surface area contributed by atoms with Gasteiger partial charge >= 0.3 is 5.69 Å². The second kappa shape index (κ2) is 15.1. The van der Waals surface area contributed by atoms with E-state index in [4.69, 9.17) is 13.9 Å². The fraction of sp³-hybridized carbons (Fsp3) is 0.405. The van der Waals surface area contributed by atoms with Crippen molar-refractivity contribution < 1.29 is 24.1 Å². The smallest absolute Gasteiger partial charge is 0.335 e. The van der Waals surface area contributed by atoms with Gasteiger partial charge in [-0.1, -0.05) is 112 Å². The summed E-state index contributed by atoms with van der Waals surface area (Å²) in [4.78, 5) is 26.8. The molecule has 1 aliphatic rings. The first-order chi connectivity index (χ1) is 22.5. The number of hydrogen-bond acceptors (Lipinski definition) is 7. The SMILES string of the molecule is Cc1cn([C@H]2C[C@H](CC(O)CO)[C@@H](CO[Si](c3ccccc3)(c3ccccc3)C(C)(C)C)O2)c(=O)n(COCc2ccccc2)c1=O. The average Bonchev–Trinajstić information content (AvgIpc) is 3.47. The van der Waals surface area contributed by atoms with Crippen molar-refractivity contribution in [2.75, 3.05) is 13.2 Å². The van der Waals surface area contributed by atoms with Gasteiger partial charge in [-0.2, -0.15) is 0 Å². The van der Waals surface area contributed by atoms with Gasteiger partial charge in [0.2, 0.25) is 0 Å². The second-order valence-corrected chi connectivity index (χ2v) is 17.7. The summed E-state index contributed by atoms with van der Waals surface area (Å²) in [5, 5.41) is 22.2. The Labute approximate surface area is 277 Å². The largest absolute Gasteiger partial charge is 0.405 e. The van der Waals surface area contributed by atoms with E-state index in [1.807, 2.05) is 66.7 Å². The summed E-state index contributed by atoms with van der Waals surface area (Å²) in [5.41, 5.74) is 0.363. The summed E-state index contributed by atoms with van der Waals surface area (Å²) in [5.74, 6) is -0.220. The number of ether oxygens (including phenoxy) is 2. The molecule has 2 N–H and O–H groups in total. The van der Waals surface area contributed by atoms with E-state index in [1.54, 1.807) is 6.92 Å². The maximum absolute atomic E-state index is 13.7. The fourth-order valence-electron chi connectivity index (χ4n) is 6.68. The molecule has 250 valence electrons. The average molecular weight is 659 g/mol. The maximum atomic E-state index is 13.7. The Morgan fingerprint density at radius 1 is 0.936 bits per heavy atom. The van der Waals surface area contributed by atoms with Gasteiger partial charge in [-0.15, -0.1) is 0 Å². The van der Waals surface area contributed by atoms with Crippen molar-refractivity contribution in [3.05, 3.63) is 129 Å². The van der Waals surface area contributed by atoms with Gasteiger partial charge in [-0.05, 0) is 46.7 Å². The molecule has 0 spiro atoms. The molecule has 5 rings (SSSR count). The molecule has 10 heteroatoms. The minimum atomic E-state index is -2.90. The van der Waals surface area contributed by atoms with E-state index in [0.29, 0.717) is 12.0 Å². The Bertz CT molecular complexity index is 1660. The van der Waals surface area contributed by atoms with Crippen LogP contribution >= 0.6 is 0 Å². The topological polar surface area (TPSA) is 112 Å². The summed E-state index contributed by atoms with van der Waals surface area (Å²) in [6.07, 6.45) is 0.0736. The highest BCUT2D eigenvalue weighted by Gasteiger charge is 2.51. The number of aliphatic hydroxyl groups is 2. The van der Waals surface area contributed by atoms with Crippen LogP contribution in [0.25, 0.3) is 0 Å². The highest BCUT2D eigenvalue weighted by Crippen LogP contribution is 2.40. The molecule has 3 aromatic carbocycles. The van der Waals surface area contributed by atoms with Gasteiger partial charge in [0.25, 0.3) is 13.9 Å². The molecule has 1 fully saturated rings. The Hall–Kier alpha value is -3.64. The standard InChI is InChI=1S/C37H46N2O7Si/c1-27-22-38(36(43)39(35(27)42)26-44-24-28-14-8-5-9-15-28)34-21-29(20-30(41)23-40)33(46-34)25-45-47(37(2,3)4,31-16-10-6-11-17-31)32-18-12-7-13-19-32/h5-19,22,29-30,33-34,40-41H,20-21,23-26H2,1-4H3/t29-,30?,33+,34+/m0/s1. The molecular formula is C37H46N2O7Si. The van der Waals surface area contributed by atoms with Crippen LogP contribution in [0.5, 0.6) is 0 Å². The molecule has 1 aromatic heterocycles. The molecule has 1 saturated heterocycles. The van der Waals surface area contributed by atoms with Gasteiger partial charge in [0, 0.05) is 11.8 Å². The molecule has 0 aliphatic carbocycles. The highest BCUT2D eigenvalue weighted by molar-refractivity contribution is 6.99. The lowest BCUT2D eigenvalue weighted by molar-refractivity contribution is -0.0363. The van der Waals surface area contributed by atoms with Gasteiger partial charge in [0.15, 0.2) is 0 Å². The molecule has 0 radical (unpaired) electrons. The van der Waals surface area contributed by atoms with E-state index in [-0.39, 0.29) is 43.9 Å². The van der Waals surface area contributed by atoms with E-state index >= 15 is 0 Å². The molecule has 0 amide bonds. The van der Waals surface area contributed by atoms with E-state index in [9.17, 15) is 19.8 Å². The van der Waals surface area contributed by atoms with Gasteiger partial charge < -0.3 is 24.1 Å². The normalized spacial score (nSPS) is 19.1. The number of hydrogen-bond donors (Lipinski definition) is 2.